The summed E-state index contributed by atoms with van der Waals surface area (Å²) in [5.41, 5.74) is 0. The number of nitrogens with zero attached hydrogens (tertiary/aromatic N) is 5. The molecule has 0 radical (unpaired) electrons. The molecule has 0 aromatic carbocycles. The number of aromatic nitrogens is 3. The van der Waals surface area contributed by atoms with Crippen molar-refractivity contribution in [1.29, 1.82) is 0 Å². The lowest BCUT2D eigenvalue weighted by Gasteiger charge is -2.32. The van der Waals surface area contributed by atoms with Gasteiger partial charge in [-0.2, -0.15) is 0 Å². The number of likely N-dealkylation sites (tertiary alicyclic amines) is 1. The maximum atomic E-state index is 4.81. The highest BCUT2D eigenvalue weighted by Gasteiger charge is 2.19. The fraction of sp³-hybridized carbons (Fsp3) is 0.857. The van der Waals surface area contributed by atoms with E-state index >= 15 is 0 Å². The molecule has 2 rings (SSSR count). The molecule has 0 amide bonds. The lowest BCUT2D eigenvalue weighted by atomic mass is 10.1. The predicted octanol–water partition coefficient (Wildman–Crippen LogP) is 3.64. The Kier molecular flexibility index (Phi) is 14.0. The van der Waals surface area contributed by atoms with Gasteiger partial charge in [0.1, 0.15) is 5.82 Å². The molecule has 1 fully saturated rings. The number of nitrogens with one attached hydrogen (secondary N) is 2. The van der Waals surface area contributed by atoms with Gasteiger partial charge in [-0.05, 0) is 51.3 Å². The first-order valence-electron chi connectivity index (χ1n) is 11.3. The molecule has 2 N–H and O–H groups in total. The van der Waals surface area contributed by atoms with Crippen molar-refractivity contribution in [2.75, 3.05) is 39.0 Å². The van der Waals surface area contributed by atoms with Crippen LogP contribution in [0.2, 0.25) is 0 Å². The van der Waals surface area contributed by atoms with E-state index in [1.165, 1.54) is 38.9 Å². The van der Waals surface area contributed by atoms with E-state index in [0.717, 1.165) is 49.4 Å². The summed E-state index contributed by atoms with van der Waals surface area (Å²) in [6.07, 6.45) is 7.59. The number of thioether (sulfide) groups is 1. The summed E-state index contributed by atoms with van der Waals surface area (Å²) >= 11 is 1.67. The Morgan fingerprint density at radius 3 is 2.57 bits per heavy atom. The second-order valence-electron chi connectivity index (χ2n) is 8.23. The van der Waals surface area contributed by atoms with Crippen molar-refractivity contribution in [3.8, 4) is 0 Å². The molecule has 0 unspecified atom stereocenters. The van der Waals surface area contributed by atoms with Gasteiger partial charge in [-0.25, -0.2) is 0 Å². The molecular formula is C21H42IN7S. The molecule has 1 aliphatic heterocycles. The summed E-state index contributed by atoms with van der Waals surface area (Å²) < 4.78 is 2.27. The van der Waals surface area contributed by atoms with Gasteiger partial charge in [0.05, 0.1) is 0 Å². The number of hydrogen-bond donors (Lipinski definition) is 2. The summed E-state index contributed by atoms with van der Waals surface area (Å²) in [6.45, 7) is 15.1. The Hall–Kier alpha value is -0.550. The Labute approximate surface area is 204 Å². The van der Waals surface area contributed by atoms with Gasteiger partial charge >= 0.3 is 0 Å². The zero-order valence-electron chi connectivity index (χ0n) is 19.5. The lowest BCUT2D eigenvalue weighted by molar-refractivity contribution is 0.206. The first kappa shape index (κ1) is 27.5. The second-order valence-corrected chi connectivity index (χ2v) is 9.01. The molecule has 1 aromatic rings. The van der Waals surface area contributed by atoms with E-state index in [-0.39, 0.29) is 24.0 Å². The summed E-state index contributed by atoms with van der Waals surface area (Å²) in [5, 5.41) is 16.8. The highest BCUT2D eigenvalue weighted by Crippen LogP contribution is 2.17. The lowest BCUT2D eigenvalue weighted by Crippen LogP contribution is -2.48. The quantitative estimate of drug-likeness (QED) is 0.144. The van der Waals surface area contributed by atoms with Crippen molar-refractivity contribution in [3.05, 3.63) is 5.82 Å². The highest BCUT2D eigenvalue weighted by molar-refractivity contribution is 14.0. The minimum atomic E-state index is 0. The number of rotatable bonds is 11. The van der Waals surface area contributed by atoms with Crippen LogP contribution in [0.3, 0.4) is 0 Å². The largest absolute Gasteiger partial charge is 0.357 e. The topological polar surface area (TPSA) is 70.4 Å². The van der Waals surface area contributed by atoms with Crippen LogP contribution in [0.25, 0.3) is 0 Å². The molecule has 7 nitrogen and oxygen atoms in total. The molecular weight excluding hydrogens is 509 g/mol. The van der Waals surface area contributed by atoms with E-state index in [0.29, 0.717) is 12.0 Å². The van der Waals surface area contributed by atoms with Crippen LogP contribution < -0.4 is 10.6 Å². The van der Waals surface area contributed by atoms with Crippen molar-refractivity contribution in [3.63, 3.8) is 0 Å². The van der Waals surface area contributed by atoms with Gasteiger partial charge in [0.2, 0.25) is 0 Å². The normalized spacial score (nSPS) is 16.0. The molecule has 0 atom stereocenters. The molecule has 30 heavy (non-hydrogen) atoms. The predicted molar refractivity (Wildman–Crippen MR) is 139 cm³/mol. The average molecular weight is 552 g/mol. The van der Waals surface area contributed by atoms with Gasteiger partial charge in [-0.1, -0.05) is 32.5 Å². The first-order valence-corrected chi connectivity index (χ1v) is 12.5. The molecule has 1 saturated heterocycles. The summed E-state index contributed by atoms with van der Waals surface area (Å²) in [7, 11) is 0. The monoisotopic (exact) mass is 551 g/mol. The molecule has 0 saturated carbocycles. The van der Waals surface area contributed by atoms with Gasteiger partial charge in [-0.15, -0.1) is 34.2 Å². The fourth-order valence-corrected chi connectivity index (χ4v) is 4.28. The standard InChI is InChI=1S/C21H41N7S.HI/c1-6-13-27-14-10-18(11-15-27)24-20(22-7-2)23-12-8-9-19-25-26-21(29-5)28(19)16-17(3)4;/h17-18H,6-16H2,1-5H3,(H2,22,23,24);1H. The minimum Gasteiger partial charge on any atom is -0.357 e. The van der Waals surface area contributed by atoms with Crippen molar-refractivity contribution in [1.82, 2.24) is 30.3 Å². The third-order valence-corrected chi connectivity index (χ3v) is 5.83. The highest BCUT2D eigenvalue weighted by atomic mass is 127. The Balaban J connectivity index is 0.00000450. The summed E-state index contributed by atoms with van der Waals surface area (Å²) in [5.74, 6) is 2.62. The molecule has 9 heteroatoms. The Morgan fingerprint density at radius 2 is 1.97 bits per heavy atom. The van der Waals surface area contributed by atoms with Crippen LogP contribution in [0.5, 0.6) is 0 Å². The molecule has 0 bridgehead atoms. The van der Waals surface area contributed by atoms with E-state index in [9.17, 15) is 0 Å². The van der Waals surface area contributed by atoms with Crippen molar-refractivity contribution in [2.24, 2.45) is 10.9 Å². The maximum absolute atomic E-state index is 4.81. The first-order chi connectivity index (χ1) is 14.1. The number of aryl methyl sites for hydroxylation is 1. The van der Waals surface area contributed by atoms with Gasteiger partial charge in [0.25, 0.3) is 0 Å². The minimum absolute atomic E-state index is 0. The second kappa shape index (κ2) is 15.3. The van der Waals surface area contributed by atoms with Crippen molar-refractivity contribution >= 4 is 41.7 Å². The third kappa shape index (κ3) is 9.30. The Bertz CT molecular complexity index is 612. The van der Waals surface area contributed by atoms with Crippen molar-refractivity contribution in [2.45, 2.75) is 77.5 Å². The molecule has 1 aromatic heterocycles. The average Bonchev–Trinajstić information content (AvgIpc) is 3.08. The number of halogens is 1. The number of guanidine groups is 1. The zero-order valence-corrected chi connectivity index (χ0v) is 22.6. The molecule has 1 aliphatic rings. The smallest absolute Gasteiger partial charge is 0.191 e. The summed E-state index contributed by atoms with van der Waals surface area (Å²) in [6, 6.07) is 0.527. The van der Waals surface area contributed by atoms with Gasteiger partial charge in [0.15, 0.2) is 11.1 Å². The number of piperidine rings is 1. The third-order valence-electron chi connectivity index (χ3n) is 5.16. The molecule has 0 aliphatic carbocycles. The van der Waals surface area contributed by atoms with Gasteiger partial charge in [-0.3, -0.25) is 4.99 Å². The number of aliphatic imine (C=N–C) groups is 1. The number of hydrogen-bond acceptors (Lipinski definition) is 5. The van der Waals surface area contributed by atoms with Gasteiger partial charge < -0.3 is 20.1 Å². The van der Waals surface area contributed by atoms with Crippen molar-refractivity contribution < 1.29 is 0 Å². The van der Waals surface area contributed by atoms with Crippen LogP contribution in [0.4, 0.5) is 0 Å². The van der Waals surface area contributed by atoms with Crippen LogP contribution in [0.15, 0.2) is 10.1 Å². The van der Waals surface area contributed by atoms with E-state index in [4.69, 9.17) is 4.99 Å². The summed E-state index contributed by atoms with van der Waals surface area (Å²) in [4.78, 5) is 7.38. The fourth-order valence-electron chi connectivity index (χ4n) is 3.76. The zero-order chi connectivity index (χ0) is 21.1. The van der Waals surface area contributed by atoms with Crippen LogP contribution in [-0.2, 0) is 13.0 Å². The van der Waals surface area contributed by atoms with Crippen LogP contribution in [-0.4, -0.2) is 70.6 Å². The van der Waals surface area contributed by atoms with E-state index in [1.807, 2.05) is 0 Å². The van der Waals surface area contributed by atoms with E-state index < -0.39 is 0 Å². The van der Waals surface area contributed by atoms with Crippen LogP contribution in [0.1, 0.15) is 59.2 Å². The van der Waals surface area contributed by atoms with Gasteiger partial charge in [0, 0.05) is 45.2 Å². The molecule has 0 spiro atoms. The molecule has 174 valence electrons. The van der Waals surface area contributed by atoms with Crippen LogP contribution >= 0.6 is 35.7 Å². The van der Waals surface area contributed by atoms with E-state index in [2.05, 4.69) is 64.2 Å². The SMILES string of the molecule is CCCN1CCC(NC(=NCCCc2nnc(SC)n2CC(C)C)NCC)CC1.I. The Morgan fingerprint density at radius 1 is 1.23 bits per heavy atom. The van der Waals surface area contributed by atoms with Crippen LogP contribution in [0, 0.1) is 5.92 Å². The molecule has 2 heterocycles. The maximum Gasteiger partial charge on any atom is 0.191 e. The van der Waals surface area contributed by atoms with E-state index in [1.54, 1.807) is 11.8 Å².